The lowest BCUT2D eigenvalue weighted by Crippen LogP contribution is -2.28. The monoisotopic (exact) mass is 288 g/mol. The Morgan fingerprint density at radius 1 is 1.14 bits per heavy atom. The maximum atomic E-state index is 11.8. The predicted molar refractivity (Wildman–Crippen MR) is 77.0 cm³/mol. The van der Waals surface area contributed by atoms with Gasteiger partial charge in [-0.3, -0.25) is 4.79 Å². The zero-order valence-corrected chi connectivity index (χ0v) is 11.3. The zero-order valence-electron chi connectivity index (χ0n) is 11.3. The molecule has 1 aromatic carbocycles. The summed E-state index contributed by atoms with van der Waals surface area (Å²) < 4.78 is 5.11. The van der Waals surface area contributed by atoms with E-state index in [1.165, 1.54) is 6.26 Å². The SMILES string of the molecule is O=C(O)CCc1ccccc1NC(=O)NCc1ccco1. The smallest absolute Gasteiger partial charge is 0.319 e. The topological polar surface area (TPSA) is 91.6 Å². The molecule has 0 unspecified atom stereocenters. The van der Waals surface area contributed by atoms with Gasteiger partial charge in [0.15, 0.2) is 0 Å². The van der Waals surface area contributed by atoms with E-state index in [0.29, 0.717) is 17.9 Å². The van der Waals surface area contributed by atoms with Crippen molar-refractivity contribution in [3.8, 4) is 0 Å². The molecule has 0 saturated heterocycles. The molecule has 0 aliphatic rings. The molecule has 3 N–H and O–H groups in total. The first-order valence-electron chi connectivity index (χ1n) is 6.52. The molecule has 0 bridgehead atoms. The van der Waals surface area contributed by atoms with E-state index in [-0.39, 0.29) is 19.0 Å². The van der Waals surface area contributed by atoms with E-state index in [0.717, 1.165) is 5.56 Å². The number of hydrogen-bond acceptors (Lipinski definition) is 3. The van der Waals surface area contributed by atoms with Crippen molar-refractivity contribution < 1.29 is 19.1 Å². The Hall–Kier alpha value is -2.76. The number of nitrogens with one attached hydrogen (secondary N) is 2. The number of carbonyl (C=O) groups is 2. The highest BCUT2D eigenvalue weighted by Gasteiger charge is 2.08. The molecular weight excluding hydrogens is 272 g/mol. The maximum absolute atomic E-state index is 11.8. The van der Waals surface area contributed by atoms with Crippen LogP contribution in [0.15, 0.2) is 47.1 Å². The lowest BCUT2D eigenvalue weighted by Gasteiger charge is -2.11. The second-order valence-electron chi connectivity index (χ2n) is 4.44. The Bertz CT molecular complexity index is 608. The first-order valence-corrected chi connectivity index (χ1v) is 6.52. The zero-order chi connectivity index (χ0) is 15.1. The number of benzene rings is 1. The molecule has 0 aliphatic heterocycles. The molecule has 0 fully saturated rings. The van der Waals surface area contributed by atoms with Crippen LogP contribution in [0.25, 0.3) is 0 Å². The molecule has 0 spiro atoms. The maximum Gasteiger partial charge on any atom is 0.319 e. The molecule has 6 nitrogen and oxygen atoms in total. The summed E-state index contributed by atoms with van der Waals surface area (Å²) in [6.45, 7) is 0.288. The van der Waals surface area contributed by atoms with Gasteiger partial charge in [-0.25, -0.2) is 4.79 Å². The second-order valence-corrected chi connectivity index (χ2v) is 4.44. The van der Waals surface area contributed by atoms with Gasteiger partial charge in [0.05, 0.1) is 12.8 Å². The fourth-order valence-corrected chi connectivity index (χ4v) is 1.85. The molecule has 2 aromatic rings. The number of furan rings is 1. The Labute approximate surface area is 121 Å². The third-order valence-electron chi connectivity index (χ3n) is 2.88. The number of carboxylic acid groups (broad SMARTS) is 1. The predicted octanol–water partition coefficient (Wildman–Crippen LogP) is 2.62. The molecule has 1 aromatic heterocycles. The lowest BCUT2D eigenvalue weighted by atomic mass is 10.1. The highest BCUT2D eigenvalue weighted by atomic mass is 16.4. The summed E-state index contributed by atoms with van der Waals surface area (Å²) in [5, 5.41) is 14.1. The van der Waals surface area contributed by atoms with Crippen molar-refractivity contribution in [2.75, 3.05) is 5.32 Å². The molecule has 6 heteroatoms. The van der Waals surface area contributed by atoms with Gasteiger partial charge in [-0.15, -0.1) is 0 Å². The number of aliphatic carboxylic acids is 1. The van der Waals surface area contributed by atoms with Gasteiger partial charge in [0.1, 0.15) is 5.76 Å². The molecule has 2 rings (SSSR count). The number of carbonyl (C=O) groups excluding carboxylic acids is 1. The van der Waals surface area contributed by atoms with Crippen molar-refractivity contribution in [1.82, 2.24) is 5.32 Å². The van der Waals surface area contributed by atoms with E-state index in [4.69, 9.17) is 9.52 Å². The highest BCUT2D eigenvalue weighted by molar-refractivity contribution is 5.90. The van der Waals surface area contributed by atoms with Gasteiger partial charge in [0, 0.05) is 12.1 Å². The fraction of sp³-hybridized carbons (Fsp3) is 0.200. The van der Waals surface area contributed by atoms with E-state index in [1.807, 2.05) is 6.07 Å². The minimum Gasteiger partial charge on any atom is -0.481 e. The minimum atomic E-state index is -0.868. The van der Waals surface area contributed by atoms with Crippen LogP contribution >= 0.6 is 0 Å². The summed E-state index contributed by atoms with van der Waals surface area (Å²) in [7, 11) is 0. The molecule has 110 valence electrons. The molecule has 0 aliphatic carbocycles. The highest BCUT2D eigenvalue weighted by Crippen LogP contribution is 2.16. The van der Waals surface area contributed by atoms with Crippen molar-refractivity contribution in [3.63, 3.8) is 0 Å². The van der Waals surface area contributed by atoms with Crippen molar-refractivity contribution in [1.29, 1.82) is 0 Å². The largest absolute Gasteiger partial charge is 0.481 e. The van der Waals surface area contributed by atoms with Crippen LogP contribution in [0.4, 0.5) is 10.5 Å². The molecule has 0 atom stereocenters. The van der Waals surface area contributed by atoms with E-state index >= 15 is 0 Å². The molecule has 1 heterocycles. The summed E-state index contributed by atoms with van der Waals surface area (Å²) in [5.41, 5.74) is 1.39. The number of amides is 2. The Kier molecular flexibility index (Phi) is 4.98. The molecule has 0 radical (unpaired) electrons. The van der Waals surface area contributed by atoms with Gasteiger partial charge in [0.2, 0.25) is 0 Å². The van der Waals surface area contributed by atoms with Crippen LogP contribution in [0.2, 0.25) is 0 Å². The first kappa shape index (κ1) is 14.6. The Balaban J connectivity index is 1.92. The number of hydrogen-bond donors (Lipinski definition) is 3. The number of para-hydroxylation sites is 1. The minimum absolute atomic E-state index is 0.0205. The van der Waals surface area contributed by atoms with E-state index in [9.17, 15) is 9.59 Å². The summed E-state index contributed by atoms with van der Waals surface area (Å²) in [5.74, 6) is -0.212. The average molecular weight is 288 g/mol. The van der Waals surface area contributed by atoms with Gasteiger partial charge >= 0.3 is 12.0 Å². The van der Waals surface area contributed by atoms with Crippen LogP contribution in [-0.2, 0) is 17.8 Å². The third-order valence-corrected chi connectivity index (χ3v) is 2.88. The van der Waals surface area contributed by atoms with Crippen molar-refractivity contribution >= 4 is 17.7 Å². The third kappa shape index (κ3) is 4.68. The molecular formula is C15H16N2O4. The van der Waals surface area contributed by atoms with Crippen molar-refractivity contribution in [2.45, 2.75) is 19.4 Å². The molecule has 2 amide bonds. The summed E-state index contributed by atoms with van der Waals surface area (Å²) >= 11 is 0. The van der Waals surface area contributed by atoms with Gasteiger partial charge in [-0.1, -0.05) is 18.2 Å². The van der Waals surface area contributed by atoms with Crippen LogP contribution in [0, 0.1) is 0 Å². The number of rotatable bonds is 6. The van der Waals surface area contributed by atoms with Crippen molar-refractivity contribution in [2.24, 2.45) is 0 Å². The van der Waals surface area contributed by atoms with E-state index in [2.05, 4.69) is 10.6 Å². The van der Waals surface area contributed by atoms with Crippen LogP contribution < -0.4 is 10.6 Å². The first-order chi connectivity index (χ1) is 10.1. The van der Waals surface area contributed by atoms with Gasteiger partial charge < -0.3 is 20.2 Å². The van der Waals surface area contributed by atoms with Gasteiger partial charge in [-0.05, 0) is 30.2 Å². The number of anilines is 1. The van der Waals surface area contributed by atoms with Crippen LogP contribution in [0.5, 0.6) is 0 Å². The second kappa shape index (κ2) is 7.14. The van der Waals surface area contributed by atoms with Crippen molar-refractivity contribution in [3.05, 3.63) is 54.0 Å². The number of aryl methyl sites for hydroxylation is 1. The van der Waals surface area contributed by atoms with E-state index in [1.54, 1.807) is 30.3 Å². The Morgan fingerprint density at radius 2 is 1.95 bits per heavy atom. The fourth-order valence-electron chi connectivity index (χ4n) is 1.85. The standard InChI is InChI=1S/C15H16N2O4/c18-14(19)8-7-11-4-1-2-6-13(11)17-15(20)16-10-12-5-3-9-21-12/h1-6,9H,7-8,10H2,(H,18,19)(H2,16,17,20). The summed E-state index contributed by atoms with van der Waals surface area (Å²) in [6.07, 6.45) is 1.92. The average Bonchev–Trinajstić information content (AvgIpc) is 2.97. The number of urea groups is 1. The summed E-state index contributed by atoms with van der Waals surface area (Å²) in [6, 6.07) is 10.3. The lowest BCUT2D eigenvalue weighted by molar-refractivity contribution is -0.136. The Morgan fingerprint density at radius 3 is 2.67 bits per heavy atom. The van der Waals surface area contributed by atoms with Crippen LogP contribution in [-0.4, -0.2) is 17.1 Å². The number of carboxylic acids is 1. The van der Waals surface area contributed by atoms with Gasteiger partial charge in [0.25, 0.3) is 0 Å². The quantitative estimate of drug-likeness (QED) is 0.762. The van der Waals surface area contributed by atoms with Crippen LogP contribution in [0.1, 0.15) is 17.7 Å². The summed E-state index contributed by atoms with van der Waals surface area (Å²) in [4.78, 5) is 22.4. The van der Waals surface area contributed by atoms with E-state index < -0.39 is 5.97 Å². The molecule has 0 saturated carbocycles. The van der Waals surface area contributed by atoms with Crippen LogP contribution in [0.3, 0.4) is 0 Å². The van der Waals surface area contributed by atoms with Gasteiger partial charge in [-0.2, -0.15) is 0 Å². The normalized spacial score (nSPS) is 10.1. The molecule has 21 heavy (non-hydrogen) atoms.